The molecule has 8 heteroatoms. The van der Waals surface area contributed by atoms with E-state index in [1.165, 1.54) is 28.0 Å². The topological polar surface area (TPSA) is 113 Å². The molecule has 0 unspecified atom stereocenters. The highest BCUT2D eigenvalue weighted by atomic mass is 16.5. The van der Waals surface area contributed by atoms with Gasteiger partial charge >= 0.3 is 5.97 Å². The molecule has 0 aliphatic carbocycles. The maximum atomic E-state index is 13.1. The first-order valence-corrected chi connectivity index (χ1v) is 8.87. The van der Waals surface area contributed by atoms with Crippen LogP contribution in [-0.4, -0.2) is 42.6 Å². The molecule has 0 radical (unpaired) electrons. The van der Waals surface area contributed by atoms with E-state index in [1.54, 1.807) is 31.2 Å². The predicted octanol–water partition coefficient (Wildman–Crippen LogP) is 1.92. The van der Waals surface area contributed by atoms with Gasteiger partial charge in [0.05, 0.1) is 23.7 Å². The number of fused-ring (bicyclic) bond motifs is 1. The van der Waals surface area contributed by atoms with E-state index in [4.69, 9.17) is 10.5 Å². The van der Waals surface area contributed by atoms with Gasteiger partial charge in [-0.05, 0) is 37.3 Å². The van der Waals surface area contributed by atoms with Crippen LogP contribution in [0.15, 0.2) is 42.5 Å². The molecule has 1 aliphatic rings. The van der Waals surface area contributed by atoms with Crippen molar-refractivity contribution in [3.63, 3.8) is 0 Å². The van der Waals surface area contributed by atoms with Crippen LogP contribution in [-0.2, 0) is 14.3 Å². The molecule has 0 spiro atoms. The van der Waals surface area contributed by atoms with Crippen LogP contribution < -0.4 is 15.5 Å². The molecular formula is C20H21N3O5. The minimum Gasteiger partial charge on any atom is -0.506 e. The van der Waals surface area contributed by atoms with E-state index < -0.39 is 5.97 Å². The van der Waals surface area contributed by atoms with Gasteiger partial charge in [0.2, 0.25) is 5.91 Å². The van der Waals surface area contributed by atoms with Crippen LogP contribution in [0.4, 0.5) is 17.1 Å². The number of benzene rings is 2. The van der Waals surface area contributed by atoms with Gasteiger partial charge in [0, 0.05) is 18.5 Å². The highest BCUT2D eigenvalue weighted by molar-refractivity contribution is 6.12. The van der Waals surface area contributed by atoms with Crippen molar-refractivity contribution in [2.75, 3.05) is 35.2 Å². The molecular weight excluding hydrogens is 362 g/mol. The number of rotatable bonds is 4. The number of esters is 1. The van der Waals surface area contributed by atoms with Crippen molar-refractivity contribution in [3.05, 3.63) is 48.0 Å². The Bertz CT molecular complexity index is 928. The van der Waals surface area contributed by atoms with Gasteiger partial charge < -0.3 is 20.5 Å². The quantitative estimate of drug-likeness (QED) is 0.474. The van der Waals surface area contributed by atoms with E-state index >= 15 is 0 Å². The molecule has 2 aromatic carbocycles. The summed E-state index contributed by atoms with van der Waals surface area (Å²) in [6, 6.07) is 11.1. The Labute approximate surface area is 162 Å². The Morgan fingerprint density at radius 3 is 2.57 bits per heavy atom. The SMILES string of the molecule is CCOC(=O)CN1C(=O)CCN(C(=O)c2ccc(N)c(O)c2)c2ccccc21. The lowest BCUT2D eigenvalue weighted by atomic mass is 10.1. The summed E-state index contributed by atoms with van der Waals surface area (Å²) >= 11 is 0. The minimum absolute atomic E-state index is 0.0424. The summed E-state index contributed by atoms with van der Waals surface area (Å²) in [4.78, 5) is 40.5. The molecule has 2 aromatic rings. The lowest BCUT2D eigenvalue weighted by Crippen LogP contribution is -2.36. The normalized spacial score (nSPS) is 13.7. The number of amides is 2. The molecule has 0 bridgehead atoms. The molecule has 2 amide bonds. The molecule has 3 rings (SSSR count). The fourth-order valence-electron chi connectivity index (χ4n) is 3.07. The third kappa shape index (κ3) is 3.75. The zero-order chi connectivity index (χ0) is 20.3. The second-order valence-corrected chi connectivity index (χ2v) is 6.25. The van der Waals surface area contributed by atoms with Crippen molar-refractivity contribution in [2.24, 2.45) is 0 Å². The van der Waals surface area contributed by atoms with E-state index in [0.717, 1.165) is 0 Å². The predicted molar refractivity (Wildman–Crippen MR) is 104 cm³/mol. The number of nitrogens with two attached hydrogens (primary N) is 1. The molecule has 3 N–H and O–H groups in total. The molecule has 0 aromatic heterocycles. The van der Waals surface area contributed by atoms with Crippen LogP contribution in [0.5, 0.6) is 5.75 Å². The van der Waals surface area contributed by atoms with Gasteiger partial charge in [-0.3, -0.25) is 19.3 Å². The highest BCUT2D eigenvalue weighted by Gasteiger charge is 2.31. The molecule has 146 valence electrons. The van der Waals surface area contributed by atoms with Crippen molar-refractivity contribution >= 4 is 34.8 Å². The number of phenols is 1. The number of hydrogen-bond acceptors (Lipinski definition) is 6. The number of aromatic hydroxyl groups is 1. The number of carbonyl (C=O) groups is 3. The van der Waals surface area contributed by atoms with Gasteiger partial charge in [0.15, 0.2) is 0 Å². The lowest BCUT2D eigenvalue weighted by Gasteiger charge is -2.25. The Kier molecular flexibility index (Phi) is 5.49. The second kappa shape index (κ2) is 7.99. The van der Waals surface area contributed by atoms with Crippen molar-refractivity contribution in [3.8, 4) is 5.75 Å². The molecule has 28 heavy (non-hydrogen) atoms. The van der Waals surface area contributed by atoms with Crippen LogP contribution in [0.1, 0.15) is 23.7 Å². The Morgan fingerprint density at radius 2 is 1.89 bits per heavy atom. The maximum absolute atomic E-state index is 13.1. The van der Waals surface area contributed by atoms with Crippen molar-refractivity contribution in [1.29, 1.82) is 0 Å². The molecule has 1 heterocycles. The van der Waals surface area contributed by atoms with E-state index in [1.807, 2.05) is 0 Å². The zero-order valence-electron chi connectivity index (χ0n) is 15.4. The van der Waals surface area contributed by atoms with Gasteiger partial charge in [-0.2, -0.15) is 0 Å². The average Bonchev–Trinajstić information content (AvgIpc) is 2.81. The fraction of sp³-hybridized carbons (Fsp3) is 0.250. The first kappa shape index (κ1) is 19.2. The van der Waals surface area contributed by atoms with Crippen molar-refractivity contribution in [1.82, 2.24) is 0 Å². The Morgan fingerprint density at radius 1 is 1.18 bits per heavy atom. The molecule has 0 fully saturated rings. The fourth-order valence-corrected chi connectivity index (χ4v) is 3.07. The summed E-state index contributed by atoms with van der Waals surface area (Å²) in [5.41, 5.74) is 6.97. The van der Waals surface area contributed by atoms with Gasteiger partial charge in [-0.15, -0.1) is 0 Å². The average molecular weight is 383 g/mol. The van der Waals surface area contributed by atoms with Crippen molar-refractivity contribution in [2.45, 2.75) is 13.3 Å². The Hall–Kier alpha value is -3.55. The Balaban J connectivity index is 1.99. The van der Waals surface area contributed by atoms with Gasteiger partial charge in [0.25, 0.3) is 5.91 Å². The third-order valence-corrected chi connectivity index (χ3v) is 4.43. The van der Waals surface area contributed by atoms with Crippen molar-refractivity contribution < 1.29 is 24.2 Å². The summed E-state index contributed by atoms with van der Waals surface area (Å²) in [6.07, 6.45) is 0.0424. The number of hydrogen-bond donors (Lipinski definition) is 2. The monoisotopic (exact) mass is 383 g/mol. The summed E-state index contributed by atoms with van der Waals surface area (Å²) < 4.78 is 4.96. The lowest BCUT2D eigenvalue weighted by molar-refractivity contribution is -0.142. The van der Waals surface area contributed by atoms with Crippen LogP contribution in [0.3, 0.4) is 0 Å². The summed E-state index contributed by atoms with van der Waals surface area (Å²) in [7, 11) is 0. The number of ether oxygens (including phenoxy) is 1. The van der Waals surface area contributed by atoms with Gasteiger partial charge in [-0.1, -0.05) is 12.1 Å². The molecule has 1 aliphatic heterocycles. The number of carbonyl (C=O) groups excluding carboxylic acids is 3. The van der Waals surface area contributed by atoms with E-state index in [-0.39, 0.29) is 54.9 Å². The summed E-state index contributed by atoms with van der Waals surface area (Å²) in [5.74, 6) is -1.37. The standard InChI is InChI=1S/C20H21N3O5/c1-2-28-19(26)12-23-16-6-4-3-5-15(16)22(10-9-18(23)25)20(27)13-7-8-14(21)17(24)11-13/h3-8,11,24H,2,9-10,12,21H2,1H3. The number of nitrogens with zero attached hydrogens (tertiary/aromatic N) is 2. The molecule has 0 saturated heterocycles. The zero-order valence-corrected chi connectivity index (χ0v) is 15.4. The highest BCUT2D eigenvalue weighted by Crippen LogP contribution is 2.34. The first-order chi connectivity index (χ1) is 13.4. The van der Waals surface area contributed by atoms with Crippen LogP contribution in [0.2, 0.25) is 0 Å². The number of para-hydroxylation sites is 2. The smallest absolute Gasteiger partial charge is 0.326 e. The summed E-state index contributed by atoms with van der Waals surface area (Å²) in [5, 5.41) is 9.82. The van der Waals surface area contributed by atoms with Crippen LogP contribution in [0.25, 0.3) is 0 Å². The van der Waals surface area contributed by atoms with E-state index in [2.05, 4.69) is 0 Å². The van der Waals surface area contributed by atoms with Gasteiger partial charge in [0.1, 0.15) is 12.3 Å². The number of anilines is 3. The van der Waals surface area contributed by atoms with Crippen LogP contribution in [0, 0.1) is 0 Å². The minimum atomic E-state index is -0.520. The maximum Gasteiger partial charge on any atom is 0.326 e. The first-order valence-electron chi connectivity index (χ1n) is 8.87. The molecule has 8 nitrogen and oxygen atoms in total. The van der Waals surface area contributed by atoms with Gasteiger partial charge in [-0.25, -0.2) is 0 Å². The number of phenolic OH excluding ortho intramolecular Hbond substituents is 1. The largest absolute Gasteiger partial charge is 0.506 e. The number of nitrogen functional groups attached to an aromatic ring is 1. The van der Waals surface area contributed by atoms with E-state index in [0.29, 0.717) is 11.4 Å². The van der Waals surface area contributed by atoms with Crippen LogP contribution >= 0.6 is 0 Å². The van der Waals surface area contributed by atoms with E-state index in [9.17, 15) is 19.5 Å². The second-order valence-electron chi connectivity index (χ2n) is 6.25. The molecule has 0 saturated carbocycles. The molecule has 0 atom stereocenters. The summed E-state index contributed by atoms with van der Waals surface area (Å²) in [6.45, 7) is 1.82. The third-order valence-electron chi connectivity index (χ3n) is 4.43.